The van der Waals surface area contributed by atoms with Crippen molar-refractivity contribution in [1.29, 1.82) is 0 Å². The Morgan fingerprint density at radius 1 is 1.14 bits per heavy atom. The number of cyclic esters (lactones) is 1. The number of benzene rings is 2. The van der Waals surface area contributed by atoms with Gasteiger partial charge in [0, 0.05) is 12.1 Å². The number of nitrogens with one attached hydrogen (secondary N) is 2. The zero-order valence-corrected chi connectivity index (χ0v) is 29.8. The van der Waals surface area contributed by atoms with Crippen molar-refractivity contribution in [1.82, 2.24) is 9.62 Å². The quantitative estimate of drug-likeness (QED) is 0.183. The number of carboxylic acid groups (broad SMARTS) is 1. The van der Waals surface area contributed by atoms with E-state index in [4.69, 9.17) is 36.0 Å². The van der Waals surface area contributed by atoms with Gasteiger partial charge in [0.2, 0.25) is 0 Å². The molecular weight excluding hydrogens is 726 g/mol. The number of hydrogen-bond donors (Lipinski definition) is 5. The number of nitrogens with zero attached hydrogens (tertiary/aromatic N) is 2. The number of ether oxygens (including phenoxy) is 2. The van der Waals surface area contributed by atoms with Crippen LogP contribution in [0.25, 0.3) is 0 Å². The van der Waals surface area contributed by atoms with Crippen molar-refractivity contribution in [3.05, 3.63) is 64.1 Å². The lowest BCUT2D eigenvalue weighted by Crippen LogP contribution is -2.48. The Morgan fingerprint density at radius 3 is 2.30 bits per heavy atom. The van der Waals surface area contributed by atoms with Gasteiger partial charge in [-0.1, -0.05) is 23.7 Å². The van der Waals surface area contributed by atoms with Crippen LogP contribution in [0.1, 0.15) is 63.7 Å². The maximum absolute atomic E-state index is 14.3. The third-order valence-electron chi connectivity index (χ3n) is 6.98. The maximum atomic E-state index is 14.3. The summed E-state index contributed by atoms with van der Waals surface area (Å²) in [7, 11) is -7.85. The predicted molar refractivity (Wildman–Crippen MR) is 179 cm³/mol. The van der Waals surface area contributed by atoms with Gasteiger partial charge in [-0.05, 0) is 77.2 Å². The fourth-order valence-corrected chi connectivity index (χ4v) is 6.87. The van der Waals surface area contributed by atoms with Gasteiger partial charge in [0.15, 0.2) is 5.76 Å². The molecule has 0 atom stereocenters. The highest BCUT2D eigenvalue weighted by Crippen LogP contribution is 2.37. The fraction of sp³-hybridized carbons (Fsp3) is 0.400. The van der Waals surface area contributed by atoms with E-state index in [2.05, 4.69) is 10.0 Å². The van der Waals surface area contributed by atoms with Crippen LogP contribution in [0.2, 0.25) is 5.02 Å². The number of rotatable bonds is 8. The molecule has 5 N–H and O–H groups in total. The number of imide groups is 1. The SMILES string of the molecule is CC(C)=C1OC(=O)N(c2cc(OC3CCCC3)c(Cl)cc2F)C1=O.CC(C)N1C(=O)c2ccccc2NS1(=O)=O.O=C(O)CNCP(=O)(O)O. The molecule has 20 heteroatoms. The summed E-state index contributed by atoms with van der Waals surface area (Å²) in [5, 5.41) is 10.2. The molecule has 274 valence electrons. The van der Waals surface area contributed by atoms with Crippen molar-refractivity contribution < 1.29 is 60.9 Å². The number of amides is 3. The highest BCUT2D eigenvalue weighted by molar-refractivity contribution is 7.91. The maximum Gasteiger partial charge on any atom is 0.427 e. The Bertz CT molecular complexity index is 1830. The standard InChI is InChI=1S/C17H17ClFNO4.C10H12N2O3S.C3H8NO5P/c1-9(2)15-16(21)20(17(22)24-15)13-8-14(11(18)7-12(13)19)23-10-5-3-4-6-10;1-7(2)12-10(13)8-5-3-4-6-9(8)11-16(12,14)15;5-3(6)1-4-2-10(7,8)9/h7-8,10H,3-6H2,1-2H3;3-7,11H,1-2H3;4H,1-2H2,(H,5,6)(H2,7,8,9). The molecule has 2 aromatic carbocycles. The van der Waals surface area contributed by atoms with Gasteiger partial charge in [-0.3, -0.25) is 29.0 Å². The highest BCUT2D eigenvalue weighted by atomic mass is 35.5. The highest BCUT2D eigenvalue weighted by Gasteiger charge is 2.40. The zero-order valence-electron chi connectivity index (χ0n) is 27.4. The smallest absolute Gasteiger partial charge is 0.427 e. The Balaban J connectivity index is 0.000000224. The summed E-state index contributed by atoms with van der Waals surface area (Å²) in [4.78, 5) is 63.1. The lowest BCUT2D eigenvalue weighted by atomic mass is 10.1. The molecular formula is C30H37ClFN4O12PS. The Labute approximate surface area is 292 Å². The number of carbonyl (C=O) groups excluding carboxylic acids is 3. The normalized spacial score (nSPS) is 16.9. The minimum absolute atomic E-state index is 0.00962. The molecule has 1 aliphatic carbocycles. The number of halogens is 2. The summed E-state index contributed by atoms with van der Waals surface area (Å²) in [6.07, 6.45) is 2.40. The van der Waals surface area contributed by atoms with Crippen LogP contribution in [0, 0.1) is 5.82 Å². The monoisotopic (exact) mass is 762 g/mol. The second kappa shape index (κ2) is 16.8. The number of aliphatic carboxylic acids is 1. The number of allylic oxidation sites excluding steroid dienone is 1. The molecule has 0 unspecified atom stereocenters. The van der Waals surface area contributed by atoms with Gasteiger partial charge in [-0.25, -0.2) is 18.4 Å². The molecule has 16 nitrogen and oxygen atoms in total. The average Bonchev–Trinajstić information content (AvgIpc) is 3.61. The van der Waals surface area contributed by atoms with Gasteiger partial charge in [0.25, 0.3) is 5.91 Å². The van der Waals surface area contributed by atoms with Crippen molar-refractivity contribution in [2.24, 2.45) is 0 Å². The van der Waals surface area contributed by atoms with Crippen molar-refractivity contribution in [3.8, 4) is 5.75 Å². The van der Waals surface area contributed by atoms with E-state index in [9.17, 15) is 36.6 Å². The molecule has 2 fully saturated rings. The Hall–Kier alpha value is -4.06. The largest absolute Gasteiger partial charge is 0.489 e. The van der Waals surface area contributed by atoms with Crippen LogP contribution in [0.5, 0.6) is 5.75 Å². The predicted octanol–water partition coefficient (Wildman–Crippen LogP) is 4.58. The summed E-state index contributed by atoms with van der Waals surface area (Å²) in [5.41, 5.74) is 1.03. The van der Waals surface area contributed by atoms with E-state index in [-0.39, 0.29) is 28.3 Å². The molecule has 2 aliphatic heterocycles. The Morgan fingerprint density at radius 2 is 1.76 bits per heavy atom. The van der Waals surface area contributed by atoms with Crippen molar-refractivity contribution in [2.45, 2.75) is 65.5 Å². The summed E-state index contributed by atoms with van der Waals surface area (Å²) < 4.78 is 61.9. The van der Waals surface area contributed by atoms with Crippen LogP contribution in [-0.2, 0) is 29.1 Å². The van der Waals surface area contributed by atoms with E-state index >= 15 is 0 Å². The first-order valence-corrected chi connectivity index (χ1v) is 18.7. The lowest BCUT2D eigenvalue weighted by molar-refractivity contribution is -0.135. The van der Waals surface area contributed by atoms with Crippen LogP contribution in [-0.4, -0.2) is 76.5 Å². The van der Waals surface area contributed by atoms with Crippen LogP contribution in [0.15, 0.2) is 47.7 Å². The van der Waals surface area contributed by atoms with Crippen LogP contribution in [0.3, 0.4) is 0 Å². The molecule has 3 amide bonds. The summed E-state index contributed by atoms with van der Waals surface area (Å²) in [5.74, 6) is -2.95. The van der Waals surface area contributed by atoms with Crippen LogP contribution in [0.4, 0.5) is 20.6 Å². The molecule has 0 aromatic heterocycles. The zero-order chi connectivity index (χ0) is 37.6. The fourth-order valence-electron chi connectivity index (χ4n) is 4.85. The number of carbonyl (C=O) groups is 4. The first-order chi connectivity index (χ1) is 23.2. The minimum atomic E-state index is -4.10. The first-order valence-electron chi connectivity index (χ1n) is 15.1. The second-order valence-electron chi connectivity index (χ2n) is 11.6. The Kier molecular flexibility index (Phi) is 13.5. The minimum Gasteiger partial charge on any atom is -0.489 e. The van der Waals surface area contributed by atoms with Crippen LogP contribution < -0.4 is 19.7 Å². The molecule has 5 rings (SSSR count). The lowest BCUT2D eigenvalue weighted by Gasteiger charge is -2.31. The molecule has 0 bridgehead atoms. The summed E-state index contributed by atoms with van der Waals surface area (Å²) in [6.45, 7) is 6.15. The number of carboxylic acids is 1. The van der Waals surface area contributed by atoms with Crippen molar-refractivity contribution in [3.63, 3.8) is 0 Å². The average molecular weight is 763 g/mol. The second-order valence-corrected chi connectivity index (χ2v) is 15.2. The van der Waals surface area contributed by atoms with Gasteiger partial charge < -0.3 is 24.4 Å². The van der Waals surface area contributed by atoms with Crippen molar-refractivity contribution >= 4 is 64.7 Å². The van der Waals surface area contributed by atoms with E-state index in [1.54, 1.807) is 52.0 Å². The van der Waals surface area contributed by atoms with Gasteiger partial charge in [-0.15, -0.1) is 0 Å². The van der Waals surface area contributed by atoms with Crippen molar-refractivity contribution in [2.75, 3.05) is 22.5 Å². The summed E-state index contributed by atoms with van der Waals surface area (Å²) >= 11 is 6.04. The first kappa shape index (κ1) is 40.4. The third kappa shape index (κ3) is 10.5. The topological polar surface area (TPSA) is 229 Å². The molecule has 2 heterocycles. The molecule has 3 aliphatic rings. The van der Waals surface area contributed by atoms with E-state index in [0.717, 1.165) is 36.1 Å². The molecule has 50 heavy (non-hydrogen) atoms. The van der Waals surface area contributed by atoms with Gasteiger partial charge in [0.1, 0.15) is 11.6 Å². The van der Waals surface area contributed by atoms with E-state index in [0.29, 0.717) is 21.7 Å². The van der Waals surface area contributed by atoms with E-state index in [1.807, 2.05) is 0 Å². The molecule has 1 saturated heterocycles. The number of fused-ring (bicyclic) bond motifs is 1. The van der Waals surface area contributed by atoms with Gasteiger partial charge >= 0.3 is 35.8 Å². The number of anilines is 2. The van der Waals surface area contributed by atoms with Gasteiger partial charge in [-0.2, -0.15) is 8.42 Å². The van der Waals surface area contributed by atoms with Gasteiger partial charge in [0.05, 0.1) is 40.9 Å². The molecule has 0 spiro atoms. The molecule has 0 radical (unpaired) electrons. The number of para-hydroxylation sites is 1. The molecule has 2 aromatic rings. The van der Waals surface area contributed by atoms with E-state index in [1.165, 1.54) is 6.07 Å². The number of hydrogen-bond acceptors (Lipinski definition) is 10. The molecule has 1 saturated carbocycles. The van der Waals surface area contributed by atoms with E-state index < -0.39 is 66.4 Å². The van der Waals surface area contributed by atoms with Crippen LogP contribution >= 0.6 is 19.2 Å². The summed E-state index contributed by atoms with van der Waals surface area (Å²) in [6, 6.07) is 8.48. The third-order valence-corrected chi connectivity index (χ3v) is 9.49.